The first-order chi connectivity index (χ1) is 26.1. The van der Waals surface area contributed by atoms with Crippen molar-refractivity contribution in [3.63, 3.8) is 0 Å². The van der Waals surface area contributed by atoms with E-state index in [-0.39, 0.29) is 12.5 Å². The second kappa shape index (κ2) is 18.9. The average Bonchev–Trinajstić information content (AvgIpc) is 3.79. The largest absolute Gasteiger partial charge is 0.465 e. The van der Waals surface area contributed by atoms with Crippen molar-refractivity contribution in [3.8, 4) is 0 Å². The number of hydrogen-bond acceptors (Lipinski definition) is 10. The number of aromatic nitrogens is 4. The van der Waals surface area contributed by atoms with Gasteiger partial charge in [-0.3, -0.25) is 18.4 Å². The molecule has 0 radical (unpaired) electrons. The highest BCUT2D eigenvalue weighted by Crippen LogP contribution is 2.26. The van der Waals surface area contributed by atoms with Gasteiger partial charge in [-0.05, 0) is 85.6 Å². The number of anilines is 2. The van der Waals surface area contributed by atoms with Gasteiger partial charge >= 0.3 is 11.9 Å². The Morgan fingerprint density at radius 3 is 1.62 bits per heavy atom. The second-order valence-electron chi connectivity index (χ2n) is 12.1. The van der Waals surface area contributed by atoms with Crippen LogP contribution in [0.4, 0.5) is 11.4 Å². The Hall–Kier alpha value is -5.26. The molecule has 55 heavy (non-hydrogen) atoms. The third-order valence-corrected chi connectivity index (χ3v) is 10.5. The Kier molecular flexibility index (Phi) is 14.6. The van der Waals surface area contributed by atoms with Crippen molar-refractivity contribution in [1.29, 1.82) is 0 Å². The van der Waals surface area contributed by atoms with Crippen molar-refractivity contribution in [3.05, 3.63) is 120 Å². The highest BCUT2D eigenvalue weighted by Gasteiger charge is 2.19. The number of fused-ring (bicyclic) bond motifs is 2. The van der Waals surface area contributed by atoms with Gasteiger partial charge in [0.05, 0.1) is 79.2 Å². The summed E-state index contributed by atoms with van der Waals surface area (Å²) in [5, 5.41) is 11.2. The van der Waals surface area contributed by atoms with Gasteiger partial charge < -0.3 is 9.47 Å². The molecule has 17 heteroatoms. The van der Waals surface area contributed by atoms with Crippen LogP contribution in [0.15, 0.2) is 97.3 Å². The maximum absolute atomic E-state index is 12.4. The van der Waals surface area contributed by atoms with Crippen LogP contribution >= 0.6 is 15.9 Å². The second-order valence-corrected chi connectivity index (χ2v) is 16.3. The highest BCUT2D eigenvalue weighted by atomic mass is 79.9. The predicted octanol–water partition coefficient (Wildman–Crippen LogP) is 6.60. The summed E-state index contributed by atoms with van der Waals surface area (Å²) in [4.78, 5) is 22.5. The van der Waals surface area contributed by atoms with Crippen molar-refractivity contribution in [2.75, 3.05) is 35.8 Å². The first-order valence-corrected chi connectivity index (χ1v) is 21.7. The van der Waals surface area contributed by atoms with Crippen LogP contribution in [0, 0.1) is 0 Å². The Morgan fingerprint density at radius 2 is 1.18 bits per heavy atom. The van der Waals surface area contributed by atoms with E-state index in [1.54, 1.807) is 67.0 Å². The molecule has 4 aromatic carbocycles. The third-order valence-electron chi connectivity index (χ3n) is 8.09. The number of ether oxygens (including phenoxy) is 2. The van der Waals surface area contributed by atoms with Gasteiger partial charge in [0.25, 0.3) is 0 Å². The van der Waals surface area contributed by atoms with Crippen LogP contribution in [0.25, 0.3) is 21.8 Å². The van der Waals surface area contributed by atoms with E-state index in [0.717, 1.165) is 51.1 Å². The maximum Gasteiger partial charge on any atom is 0.337 e. The number of nitrogens with zero attached hydrogens (tertiary/aromatic N) is 5. The van der Waals surface area contributed by atoms with Crippen LogP contribution in [0.1, 0.15) is 45.7 Å². The molecule has 0 bridgehead atoms. The fraction of sp³-hybridized carbons (Fsp3) is 0.263. The minimum absolute atomic E-state index is 0.159. The van der Waals surface area contributed by atoms with Gasteiger partial charge in [0.2, 0.25) is 20.0 Å². The van der Waals surface area contributed by atoms with Gasteiger partial charge in [-0.1, -0.05) is 40.2 Å². The number of carbonyl (C=O) groups is 2. The molecule has 0 spiro atoms. The fourth-order valence-electron chi connectivity index (χ4n) is 5.34. The van der Waals surface area contributed by atoms with Crippen molar-refractivity contribution in [2.24, 2.45) is 0 Å². The number of methoxy groups -OCH3 is 2. The maximum atomic E-state index is 12.4. The Labute approximate surface area is 329 Å². The quantitative estimate of drug-likeness (QED) is 0.111. The Balaban J connectivity index is 0.000000203. The lowest BCUT2D eigenvalue weighted by Crippen LogP contribution is -2.29. The van der Waals surface area contributed by atoms with Crippen molar-refractivity contribution >= 4 is 81.1 Å². The minimum Gasteiger partial charge on any atom is -0.465 e. The highest BCUT2D eigenvalue weighted by molar-refractivity contribution is 9.08. The number of aryl methyl sites for hydroxylation is 2. The topological polar surface area (TPSA) is 172 Å². The van der Waals surface area contributed by atoms with Crippen LogP contribution in [-0.4, -0.2) is 75.1 Å². The van der Waals surface area contributed by atoms with E-state index in [0.29, 0.717) is 29.0 Å². The molecule has 14 nitrogen and oxygen atoms in total. The Morgan fingerprint density at radius 1 is 0.709 bits per heavy atom. The van der Waals surface area contributed by atoms with Crippen LogP contribution in [-0.2, 0) is 54.5 Å². The number of halogens is 1. The smallest absolute Gasteiger partial charge is 0.337 e. The van der Waals surface area contributed by atoms with E-state index >= 15 is 0 Å². The lowest BCUT2D eigenvalue weighted by Gasteiger charge is -2.23. The molecule has 0 aliphatic carbocycles. The van der Waals surface area contributed by atoms with E-state index in [1.165, 1.54) is 24.8 Å². The monoisotopic (exact) mass is 854 g/mol. The van der Waals surface area contributed by atoms with E-state index < -0.39 is 26.0 Å². The lowest BCUT2D eigenvalue weighted by atomic mass is 10.1. The molecule has 0 saturated heterocycles. The van der Waals surface area contributed by atoms with Crippen LogP contribution in [0.5, 0.6) is 0 Å². The fourth-order valence-corrected chi connectivity index (χ4v) is 7.15. The summed E-state index contributed by atoms with van der Waals surface area (Å²) < 4.78 is 63.7. The SMILES string of the molecule is CCn1ncc2ccc(N(Cc3ccc(C(=O)OC)cc3)S(C)(=O)=O)cc21.CCn1ncc2ccc(NS(C)(=O)=O)cc21.COC(=O)c1ccc(CBr)cc1. The molecule has 2 heterocycles. The first kappa shape index (κ1) is 42.5. The lowest BCUT2D eigenvalue weighted by molar-refractivity contribution is 0.0592. The number of nitrogens with one attached hydrogen (secondary N) is 1. The molecule has 0 fully saturated rings. The summed E-state index contributed by atoms with van der Waals surface area (Å²) >= 11 is 3.32. The number of hydrogen-bond donors (Lipinski definition) is 1. The summed E-state index contributed by atoms with van der Waals surface area (Å²) in [6, 6.07) is 24.8. The molecule has 6 rings (SSSR count). The summed E-state index contributed by atoms with van der Waals surface area (Å²) in [7, 11) is -4.04. The van der Waals surface area contributed by atoms with E-state index in [1.807, 2.05) is 53.5 Å². The summed E-state index contributed by atoms with van der Waals surface area (Å²) in [5.41, 5.74) is 5.84. The van der Waals surface area contributed by atoms with Crippen LogP contribution in [0.3, 0.4) is 0 Å². The minimum atomic E-state index is -3.51. The molecule has 6 aromatic rings. The van der Waals surface area contributed by atoms with Gasteiger partial charge in [0.15, 0.2) is 0 Å². The number of rotatable bonds is 11. The third kappa shape index (κ3) is 11.6. The number of sulfonamides is 2. The molecule has 0 amide bonds. The molecular weight excluding hydrogens is 812 g/mol. The standard InChI is InChI=1S/C19H21N3O4S.C10H13N3O2S.C9H9BrO2/c1-4-21-18-11-17(10-9-16(18)12-20-21)22(27(3,24)25)13-14-5-7-15(8-6-14)19(23)26-2;1-3-13-10-6-9(12-16(2,14)15)5-4-8(10)7-11-13;1-12-9(11)8-4-2-7(6-10)3-5-8/h5-12H,4,13H2,1-3H3;4-7,12H,3H2,1-2H3;2-5H,6H2,1H3. The summed E-state index contributed by atoms with van der Waals surface area (Å²) in [5.74, 6) is -0.726. The van der Waals surface area contributed by atoms with E-state index in [2.05, 4.69) is 40.3 Å². The predicted molar refractivity (Wildman–Crippen MR) is 219 cm³/mol. The first-order valence-electron chi connectivity index (χ1n) is 16.9. The number of benzene rings is 4. The van der Waals surface area contributed by atoms with Gasteiger partial charge in [0, 0.05) is 29.2 Å². The van der Waals surface area contributed by atoms with E-state index in [9.17, 15) is 26.4 Å². The normalized spacial score (nSPS) is 11.2. The number of carbonyl (C=O) groups excluding carboxylic acids is 2. The zero-order valence-corrected chi connectivity index (χ0v) is 34.5. The zero-order chi connectivity index (χ0) is 40.3. The summed E-state index contributed by atoms with van der Waals surface area (Å²) in [6.07, 6.45) is 5.84. The van der Waals surface area contributed by atoms with Gasteiger partial charge in [-0.25, -0.2) is 26.4 Å². The van der Waals surface area contributed by atoms with Crippen molar-refractivity contribution in [1.82, 2.24) is 19.6 Å². The molecule has 1 N–H and O–H groups in total. The number of alkyl halides is 1. The van der Waals surface area contributed by atoms with Gasteiger partial charge in [-0.15, -0.1) is 0 Å². The molecule has 0 atom stereocenters. The molecular formula is C38H43BrN6O8S2. The molecule has 0 aliphatic heterocycles. The van der Waals surface area contributed by atoms with Gasteiger partial charge in [-0.2, -0.15) is 10.2 Å². The molecule has 292 valence electrons. The summed E-state index contributed by atoms with van der Waals surface area (Å²) in [6.45, 7) is 5.58. The van der Waals surface area contributed by atoms with Crippen molar-refractivity contribution < 1.29 is 35.9 Å². The van der Waals surface area contributed by atoms with Gasteiger partial charge in [0.1, 0.15) is 0 Å². The van der Waals surface area contributed by atoms with Crippen LogP contribution < -0.4 is 9.03 Å². The molecule has 0 saturated carbocycles. The zero-order valence-electron chi connectivity index (χ0n) is 31.3. The molecule has 0 unspecified atom stereocenters. The van der Waals surface area contributed by atoms with Crippen molar-refractivity contribution in [2.45, 2.75) is 38.8 Å². The molecule has 2 aromatic heterocycles. The van der Waals surface area contributed by atoms with Crippen LogP contribution in [0.2, 0.25) is 0 Å². The van der Waals surface area contributed by atoms with E-state index in [4.69, 9.17) is 0 Å². The molecule has 0 aliphatic rings. The number of esters is 2. The Bertz CT molecular complexity index is 2470. The average molecular weight is 856 g/mol.